The monoisotopic (exact) mass is 420 g/mol. The molecule has 1 N–H and O–H groups in total. The van der Waals surface area contributed by atoms with Crippen LogP contribution in [0.4, 0.5) is 13.6 Å². The molecule has 0 spiro atoms. The van der Waals surface area contributed by atoms with E-state index in [2.05, 4.69) is 5.32 Å². The highest BCUT2D eigenvalue weighted by atomic mass is 32.2. The first-order valence-electron chi connectivity index (χ1n) is 9.32. The third-order valence-electron chi connectivity index (χ3n) is 4.60. The predicted octanol–water partition coefficient (Wildman–Crippen LogP) is 3.90. The zero-order chi connectivity index (χ0) is 20.6. The SMILES string of the molecule is O=C(NCC(=O)N1CCS[C@@H](c2cc(F)ccc2F)CC1)OCc1ccccc1. The maximum Gasteiger partial charge on any atom is 0.407 e. The van der Waals surface area contributed by atoms with E-state index in [4.69, 9.17) is 4.74 Å². The summed E-state index contributed by atoms with van der Waals surface area (Å²) in [7, 11) is 0. The van der Waals surface area contributed by atoms with E-state index in [1.54, 1.807) is 4.90 Å². The van der Waals surface area contributed by atoms with Crippen LogP contribution in [-0.2, 0) is 16.1 Å². The molecule has 5 nitrogen and oxygen atoms in total. The van der Waals surface area contributed by atoms with Crippen molar-refractivity contribution in [2.75, 3.05) is 25.4 Å². The molecule has 1 heterocycles. The average molecular weight is 420 g/mol. The van der Waals surface area contributed by atoms with E-state index in [1.807, 2.05) is 30.3 Å². The Balaban J connectivity index is 1.45. The minimum Gasteiger partial charge on any atom is -0.445 e. The topological polar surface area (TPSA) is 58.6 Å². The maximum atomic E-state index is 14.0. The molecule has 0 aliphatic carbocycles. The summed E-state index contributed by atoms with van der Waals surface area (Å²) in [5, 5.41) is 2.25. The number of halogens is 2. The van der Waals surface area contributed by atoms with Gasteiger partial charge in [-0.05, 0) is 30.2 Å². The first kappa shape index (κ1) is 21.1. The van der Waals surface area contributed by atoms with Gasteiger partial charge in [0, 0.05) is 29.7 Å². The van der Waals surface area contributed by atoms with Gasteiger partial charge in [0.15, 0.2) is 0 Å². The normalized spacial score (nSPS) is 16.8. The van der Waals surface area contributed by atoms with E-state index >= 15 is 0 Å². The zero-order valence-electron chi connectivity index (χ0n) is 15.8. The minimum atomic E-state index is -0.661. The molecule has 0 bridgehead atoms. The molecule has 1 saturated heterocycles. The van der Waals surface area contributed by atoms with Crippen molar-refractivity contribution in [3.05, 3.63) is 71.3 Å². The summed E-state index contributed by atoms with van der Waals surface area (Å²) >= 11 is 1.50. The number of carbonyl (C=O) groups excluding carboxylic acids is 2. The second-order valence-electron chi connectivity index (χ2n) is 6.61. The van der Waals surface area contributed by atoms with Crippen molar-refractivity contribution < 1.29 is 23.1 Å². The van der Waals surface area contributed by atoms with E-state index in [9.17, 15) is 18.4 Å². The summed E-state index contributed by atoms with van der Waals surface area (Å²) < 4.78 is 32.6. The van der Waals surface area contributed by atoms with Crippen molar-refractivity contribution in [3.63, 3.8) is 0 Å². The molecule has 1 fully saturated rings. The van der Waals surface area contributed by atoms with Gasteiger partial charge in [-0.2, -0.15) is 11.8 Å². The van der Waals surface area contributed by atoms with Gasteiger partial charge in [0.2, 0.25) is 5.91 Å². The van der Waals surface area contributed by atoms with Crippen LogP contribution in [0.2, 0.25) is 0 Å². The zero-order valence-corrected chi connectivity index (χ0v) is 16.6. The number of alkyl carbamates (subject to hydrolysis) is 1. The Hall–Kier alpha value is -2.61. The number of amides is 2. The van der Waals surface area contributed by atoms with Crippen molar-refractivity contribution in [1.82, 2.24) is 10.2 Å². The third kappa shape index (κ3) is 6.19. The molecule has 2 aromatic rings. The average Bonchev–Trinajstić information content (AvgIpc) is 2.99. The third-order valence-corrected chi connectivity index (χ3v) is 5.91. The van der Waals surface area contributed by atoms with Crippen molar-refractivity contribution in [2.24, 2.45) is 0 Å². The van der Waals surface area contributed by atoms with E-state index in [1.165, 1.54) is 17.8 Å². The summed E-state index contributed by atoms with van der Waals surface area (Å²) in [4.78, 5) is 25.8. The first-order valence-corrected chi connectivity index (χ1v) is 10.4. The van der Waals surface area contributed by atoms with Gasteiger partial charge in [0.05, 0.1) is 0 Å². The molecule has 3 rings (SSSR count). The second-order valence-corrected chi connectivity index (χ2v) is 7.92. The van der Waals surface area contributed by atoms with E-state index in [0.717, 1.165) is 17.7 Å². The van der Waals surface area contributed by atoms with Crippen molar-refractivity contribution in [3.8, 4) is 0 Å². The maximum absolute atomic E-state index is 14.0. The fourth-order valence-electron chi connectivity index (χ4n) is 3.06. The Bertz CT molecular complexity index is 851. The largest absolute Gasteiger partial charge is 0.445 e. The fraction of sp³-hybridized carbons (Fsp3) is 0.333. The number of ether oxygens (including phenoxy) is 1. The molecule has 29 heavy (non-hydrogen) atoms. The van der Waals surface area contributed by atoms with Crippen LogP contribution < -0.4 is 5.32 Å². The van der Waals surface area contributed by atoms with Crippen LogP contribution in [-0.4, -0.2) is 42.3 Å². The Morgan fingerprint density at radius 1 is 1.14 bits per heavy atom. The molecule has 1 aliphatic heterocycles. The van der Waals surface area contributed by atoms with Crippen LogP contribution in [0.1, 0.15) is 22.8 Å². The summed E-state index contributed by atoms with van der Waals surface area (Å²) in [5.41, 5.74) is 1.18. The minimum absolute atomic E-state index is 0.127. The van der Waals surface area contributed by atoms with Gasteiger partial charge in [-0.3, -0.25) is 4.79 Å². The van der Waals surface area contributed by atoms with Crippen LogP contribution >= 0.6 is 11.8 Å². The Labute approximate surface area is 172 Å². The molecule has 2 aromatic carbocycles. The summed E-state index contributed by atoms with van der Waals surface area (Å²) in [5.74, 6) is -0.545. The molecule has 1 aliphatic rings. The van der Waals surface area contributed by atoms with Crippen molar-refractivity contribution in [1.29, 1.82) is 0 Å². The van der Waals surface area contributed by atoms with Crippen molar-refractivity contribution >= 4 is 23.8 Å². The number of nitrogens with zero attached hydrogens (tertiary/aromatic N) is 1. The number of carbonyl (C=O) groups is 2. The van der Waals surface area contributed by atoms with Gasteiger partial charge in [-0.1, -0.05) is 30.3 Å². The highest BCUT2D eigenvalue weighted by molar-refractivity contribution is 7.99. The van der Waals surface area contributed by atoms with E-state index in [0.29, 0.717) is 30.8 Å². The highest BCUT2D eigenvalue weighted by Crippen LogP contribution is 2.36. The summed E-state index contributed by atoms with van der Waals surface area (Å²) in [6.45, 7) is 0.851. The van der Waals surface area contributed by atoms with Crippen LogP contribution in [0.15, 0.2) is 48.5 Å². The number of hydrogen-bond donors (Lipinski definition) is 1. The number of benzene rings is 2. The molecule has 0 radical (unpaired) electrons. The number of rotatable bonds is 5. The van der Waals surface area contributed by atoms with Gasteiger partial charge in [0.25, 0.3) is 0 Å². The molecule has 2 amide bonds. The first-order chi connectivity index (χ1) is 14.0. The standard InChI is InChI=1S/C21H22F2N2O3S/c22-16-6-7-18(23)17(12-16)19-8-9-25(10-11-29-19)20(26)13-24-21(27)28-14-15-4-2-1-3-5-15/h1-7,12,19H,8-11,13-14H2,(H,24,27)/t19-/m1/s1. The Kier molecular flexibility index (Phi) is 7.46. The van der Waals surface area contributed by atoms with Gasteiger partial charge in [-0.25, -0.2) is 13.6 Å². The van der Waals surface area contributed by atoms with Crippen LogP contribution in [0.3, 0.4) is 0 Å². The second kappa shape index (κ2) is 10.2. The number of nitrogens with one attached hydrogen (secondary N) is 1. The van der Waals surface area contributed by atoms with E-state index in [-0.39, 0.29) is 24.3 Å². The van der Waals surface area contributed by atoms with Gasteiger partial charge < -0.3 is 15.0 Å². The molecule has 154 valence electrons. The molecular weight excluding hydrogens is 398 g/mol. The number of thioether (sulfide) groups is 1. The smallest absolute Gasteiger partial charge is 0.407 e. The van der Waals surface area contributed by atoms with Gasteiger partial charge in [-0.15, -0.1) is 0 Å². The fourth-order valence-corrected chi connectivity index (χ4v) is 4.31. The summed E-state index contributed by atoms with van der Waals surface area (Å²) in [6.07, 6.45) is -0.152. The van der Waals surface area contributed by atoms with Crippen LogP contribution in [0.5, 0.6) is 0 Å². The van der Waals surface area contributed by atoms with E-state index < -0.39 is 17.7 Å². The lowest BCUT2D eigenvalue weighted by Gasteiger charge is -2.20. The van der Waals surface area contributed by atoms with Crippen LogP contribution in [0, 0.1) is 11.6 Å². The summed E-state index contributed by atoms with van der Waals surface area (Å²) in [6, 6.07) is 12.7. The van der Waals surface area contributed by atoms with Crippen molar-refractivity contribution in [2.45, 2.75) is 18.3 Å². The quantitative estimate of drug-likeness (QED) is 0.797. The van der Waals surface area contributed by atoms with Crippen LogP contribution in [0.25, 0.3) is 0 Å². The van der Waals surface area contributed by atoms with Gasteiger partial charge >= 0.3 is 6.09 Å². The van der Waals surface area contributed by atoms with Gasteiger partial charge in [0.1, 0.15) is 24.8 Å². The Morgan fingerprint density at radius 2 is 1.93 bits per heavy atom. The molecule has 0 aromatic heterocycles. The predicted molar refractivity (Wildman–Crippen MR) is 107 cm³/mol. The molecule has 0 unspecified atom stereocenters. The molecule has 8 heteroatoms. The number of hydrogen-bond acceptors (Lipinski definition) is 4. The highest BCUT2D eigenvalue weighted by Gasteiger charge is 2.24. The molecule has 0 saturated carbocycles. The lowest BCUT2D eigenvalue weighted by atomic mass is 10.1. The molecule has 1 atom stereocenters. The lowest BCUT2D eigenvalue weighted by Crippen LogP contribution is -2.41. The lowest BCUT2D eigenvalue weighted by molar-refractivity contribution is -0.129. The Morgan fingerprint density at radius 3 is 2.72 bits per heavy atom. The molecular formula is C21H22F2N2O3S.